The van der Waals surface area contributed by atoms with Crippen molar-refractivity contribution in [3.63, 3.8) is 0 Å². The fraction of sp³-hybridized carbons (Fsp3) is 0.280. The van der Waals surface area contributed by atoms with Gasteiger partial charge in [0.05, 0.1) is 36.7 Å². The van der Waals surface area contributed by atoms with E-state index in [1.807, 2.05) is 30.3 Å². The number of aliphatic hydroxyl groups is 1. The minimum absolute atomic E-state index is 0.169. The van der Waals surface area contributed by atoms with Crippen LogP contribution in [-0.4, -0.2) is 23.7 Å². The predicted molar refractivity (Wildman–Crippen MR) is 114 cm³/mol. The molecule has 6 nitrogen and oxygen atoms in total. The van der Waals surface area contributed by atoms with Gasteiger partial charge >= 0.3 is 0 Å². The van der Waals surface area contributed by atoms with Crippen LogP contribution in [0.2, 0.25) is 0 Å². The summed E-state index contributed by atoms with van der Waals surface area (Å²) in [5, 5.41) is 21.8. The Labute approximate surface area is 180 Å². The van der Waals surface area contributed by atoms with E-state index in [1.54, 1.807) is 31.6 Å². The fourth-order valence-corrected chi connectivity index (χ4v) is 5.53. The topological polar surface area (TPSA) is 101 Å². The summed E-state index contributed by atoms with van der Waals surface area (Å²) < 4.78 is 12.3. The number of hydrogen-bond acceptors (Lipinski definition) is 6. The Hall–Kier alpha value is -3.40. The van der Waals surface area contributed by atoms with Gasteiger partial charge in [0, 0.05) is 11.8 Å². The Morgan fingerprint density at radius 3 is 2.58 bits per heavy atom. The van der Waals surface area contributed by atoms with Gasteiger partial charge in [0.15, 0.2) is 5.60 Å². The first-order chi connectivity index (χ1) is 15.1. The van der Waals surface area contributed by atoms with Gasteiger partial charge in [-0.2, -0.15) is 5.26 Å². The number of nitrogens with two attached hydrogens (primary N) is 1. The molecular formula is C25H23N3O3. The fourth-order valence-electron chi connectivity index (χ4n) is 5.53. The van der Waals surface area contributed by atoms with Gasteiger partial charge in [-0.25, -0.2) is 0 Å². The third kappa shape index (κ3) is 2.48. The van der Waals surface area contributed by atoms with Gasteiger partial charge in [0.1, 0.15) is 17.1 Å². The highest BCUT2D eigenvalue weighted by atomic mass is 16.5. The lowest BCUT2D eigenvalue weighted by atomic mass is 9.70. The van der Waals surface area contributed by atoms with Crippen molar-refractivity contribution >= 4 is 0 Å². The first-order valence-electron chi connectivity index (χ1n) is 10.3. The Balaban J connectivity index is 1.82. The minimum Gasteiger partial charge on any atom is -0.495 e. The predicted octanol–water partition coefficient (Wildman–Crippen LogP) is 3.20. The van der Waals surface area contributed by atoms with Crippen LogP contribution in [0.4, 0.5) is 0 Å². The molecule has 2 aromatic carbocycles. The van der Waals surface area contributed by atoms with Crippen molar-refractivity contribution in [2.45, 2.75) is 23.5 Å². The molecular weight excluding hydrogens is 390 g/mol. The third-order valence-corrected chi connectivity index (χ3v) is 6.85. The van der Waals surface area contributed by atoms with E-state index in [4.69, 9.17) is 15.2 Å². The molecule has 0 amide bonds. The number of benzene rings is 2. The maximum Gasteiger partial charge on any atom is 0.174 e. The molecule has 1 aromatic heterocycles. The molecule has 4 atom stereocenters. The van der Waals surface area contributed by atoms with Gasteiger partial charge < -0.3 is 20.3 Å². The third-order valence-electron chi connectivity index (χ3n) is 6.85. The van der Waals surface area contributed by atoms with Gasteiger partial charge in [-0.3, -0.25) is 4.98 Å². The van der Waals surface area contributed by atoms with E-state index in [-0.39, 0.29) is 18.4 Å². The van der Waals surface area contributed by atoms with Crippen molar-refractivity contribution in [1.29, 1.82) is 5.26 Å². The lowest BCUT2D eigenvalue weighted by molar-refractivity contribution is -0.126. The SMILES string of the molecule is COc1cncc2c1C1(O)C(CN)CC(c3ccccc3)C1(c1ccc(C#N)cc1)O2. The van der Waals surface area contributed by atoms with Crippen molar-refractivity contribution in [3.8, 4) is 17.6 Å². The summed E-state index contributed by atoms with van der Waals surface area (Å²) in [7, 11) is 1.56. The second-order valence-corrected chi connectivity index (χ2v) is 8.14. The van der Waals surface area contributed by atoms with Gasteiger partial charge in [0.25, 0.3) is 0 Å². The zero-order chi connectivity index (χ0) is 21.6. The smallest absolute Gasteiger partial charge is 0.174 e. The van der Waals surface area contributed by atoms with Gasteiger partial charge in [0.2, 0.25) is 0 Å². The Kier molecular flexibility index (Phi) is 4.47. The van der Waals surface area contributed by atoms with Crippen molar-refractivity contribution < 1.29 is 14.6 Å². The van der Waals surface area contributed by atoms with Gasteiger partial charge in [-0.15, -0.1) is 0 Å². The van der Waals surface area contributed by atoms with Crippen LogP contribution in [0.3, 0.4) is 0 Å². The molecule has 1 aliphatic carbocycles. The van der Waals surface area contributed by atoms with Crippen molar-refractivity contribution in [2.24, 2.45) is 11.7 Å². The van der Waals surface area contributed by atoms with Crippen LogP contribution < -0.4 is 15.2 Å². The number of pyridine rings is 1. The summed E-state index contributed by atoms with van der Waals surface area (Å²) in [4.78, 5) is 4.25. The van der Waals surface area contributed by atoms with Crippen LogP contribution in [0.15, 0.2) is 67.0 Å². The average Bonchev–Trinajstić information content (AvgIpc) is 3.24. The summed E-state index contributed by atoms with van der Waals surface area (Å²) in [6.45, 7) is 0.284. The number of aromatic nitrogens is 1. The summed E-state index contributed by atoms with van der Waals surface area (Å²) in [6.07, 6.45) is 3.86. The molecule has 2 heterocycles. The maximum absolute atomic E-state index is 12.5. The standard InChI is InChI=1S/C25H23N3O3/c1-30-21-14-28-15-22-23(21)24(29)19(13-27)11-20(17-5-3-2-4-6-17)25(24,31-22)18-9-7-16(12-26)8-10-18/h2-10,14-15,19-20,29H,11,13,27H2,1H3. The van der Waals surface area contributed by atoms with E-state index < -0.39 is 11.2 Å². The molecule has 6 heteroatoms. The number of hydrogen-bond donors (Lipinski definition) is 2. The number of ether oxygens (including phenoxy) is 2. The second kappa shape index (κ2) is 7.09. The first kappa shape index (κ1) is 19.6. The number of nitrogens with zero attached hydrogens (tertiary/aromatic N) is 2. The summed E-state index contributed by atoms with van der Waals surface area (Å²) in [6, 6.07) is 19.4. The van der Waals surface area contributed by atoms with Gasteiger partial charge in [-0.05, 0) is 36.2 Å². The molecule has 1 fully saturated rings. The normalized spacial score (nSPS) is 28.3. The molecule has 0 saturated heterocycles. The Bertz CT molecular complexity index is 1160. The van der Waals surface area contributed by atoms with Crippen LogP contribution in [0.1, 0.15) is 34.6 Å². The van der Waals surface area contributed by atoms with Gasteiger partial charge in [-0.1, -0.05) is 42.5 Å². The molecule has 1 aliphatic heterocycles. The maximum atomic E-state index is 12.5. The van der Waals surface area contributed by atoms with Crippen molar-refractivity contribution in [2.75, 3.05) is 13.7 Å². The van der Waals surface area contributed by atoms with E-state index >= 15 is 0 Å². The molecule has 3 N–H and O–H groups in total. The van der Waals surface area contributed by atoms with E-state index in [0.29, 0.717) is 29.0 Å². The Morgan fingerprint density at radius 2 is 1.94 bits per heavy atom. The molecule has 0 spiro atoms. The van der Waals surface area contributed by atoms with Crippen LogP contribution in [0.25, 0.3) is 0 Å². The van der Waals surface area contributed by atoms with Crippen LogP contribution >= 0.6 is 0 Å². The zero-order valence-electron chi connectivity index (χ0n) is 17.2. The summed E-state index contributed by atoms with van der Waals surface area (Å²) >= 11 is 0. The monoisotopic (exact) mass is 413 g/mol. The molecule has 0 bridgehead atoms. The molecule has 156 valence electrons. The van der Waals surface area contributed by atoms with Crippen molar-refractivity contribution in [1.82, 2.24) is 4.98 Å². The van der Waals surface area contributed by atoms with E-state index in [9.17, 15) is 10.4 Å². The second-order valence-electron chi connectivity index (χ2n) is 8.14. The zero-order valence-corrected chi connectivity index (χ0v) is 17.2. The molecule has 3 aromatic rings. The number of fused-ring (bicyclic) bond motifs is 3. The summed E-state index contributed by atoms with van der Waals surface area (Å²) in [5.41, 5.74) is 6.64. The van der Waals surface area contributed by atoms with Crippen LogP contribution in [0, 0.1) is 17.2 Å². The van der Waals surface area contributed by atoms with Crippen molar-refractivity contribution in [3.05, 3.63) is 89.2 Å². The Morgan fingerprint density at radius 1 is 1.19 bits per heavy atom. The van der Waals surface area contributed by atoms with Crippen LogP contribution in [0.5, 0.6) is 11.5 Å². The number of rotatable bonds is 4. The minimum atomic E-state index is -1.43. The molecule has 2 aliphatic rings. The number of nitriles is 1. The molecule has 0 radical (unpaired) electrons. The first-order valence-corrected chi connectivity index (χ1v) is 10.3. The number of methoxy groups -OCH3 is 1. The van der Waals surface area contributed by atoms with E-state index in [1.165, 1.54) is 0 Å². The van der Waals surface area contributed by atoms with Crippen LogP contribution in [-0.2, 0) is 11.2 Å². The highest BCUT2D eigenvalue weighted by molar-refractivity contribution is 5.58. The highest BCUT2D eigenvalue weighted by Crippen LogP contribution is 2.69. The molecule has 5 rings (SSSR count). The molecule has 31 heavy (non-hydrogen) atoms. The van der Waals surface area contributed by atoms with E-state index in [2.05, 4.69) is 23.2 Å². The highest BCUT2D eigenvalue weighted by Gasteiger charge is 2.73. The quantitative estimate of drug-likeness (QED) is 0.681. The lowest BCUT2D eigenvalue weighted by Crippen LogP contribution is -2.51. The lowest BCUT2D eigenvalue weighted by Gasteiger charge is -2.41. The molecule has 4 unspecified atom stereocenters. The van der Waals surface area contributed by atoms with E-state index in [0.717, 1.165) is 11.1 Å². The largest absolute Gasteiger partial charge is 0.495 e. The summed E-state index contributed by atoms with van der Waals surface area (Å²) in [5.74, 6) is 0.524. The molecule has 1 saturated carbocycles. The average molecular weight is 413 g/mol.